The maximum Gasteiger partial charge on any atom is 0.341 e. The fourth-order valence-corrected chi connectivity index (χ4v) is 4.13. The van der Waals surface area contributed by atoms with Crippen molar-refractivity contribution in [1.29, 1.82) is 0 Å². The van der Waals surface area contributed by atoms with Gasteiger partial charge in [-0.05, 0) is 12.0 Å². The summed E-state index contributed by atoms with van der Waals surface area (Å²) in [5.41, 5.74) is 5.40. The van der Waals surface area contributed by atoms with E-state index in [0.717, 1.165) is 6.07 Å². The second-order valence-corrected chi connectivity index (χ2v) is 7.62. The molecule has 2 aromatic rings. The molecular weight excluding hydrogens is 377 g/mol. The summed E-state index contributed by atoms with van der Waals surface area (Å²) < 4.78 is 21.8. The number of carbonyl (C=O) groups is 1. The molecule has 3 heterocycles. The van der Waals surface area contributed by atoms with Gasteiger partial charge in [0.05, 0.1) is 40.9 Å². The average Bonchev–Trinajstić information content (AvgIpc) is 2.86. The second-order valence-electron chi connectivity index (χ2n) is 7.24. The molecule has 1 aromatic heterocycles. The number of aromatic nitrogens is 1. The predicted molar refractivity (Wildman–Crippen MR) is 99.3 cm³/mol. The molecule has 2 saturated heterocycles. The van der Waals surface area contributed by atoms with Crippen molar-refractivity contribution in [2.75, 3.05) is 31.2 Å². The van der Waals surface area contributed by atoms with Crippen LogP contribution in [0.1, 0.15) is 23.3 Å². The number of carboxylic acids is 1. The third kappa shape index (κ3) is 2.79. The molecule has 0 spiro atoms. The van der Waals surface area contributed by atoms with Gasteiger partial charge in [0, 0.05) is 25.3 Å². The van der Waals surface area contributed by atoms with Gasteiger partial charge in [-0.2, -0.15) is 0 Å². The molecule has 2 atom stereocenters. The van der Waals surface area contributed by atoms with Crippen molar-refractivity contribution in [1.82, 2.24) is 4.57 Å². The largest absolute Gasteiger partial charge is 0.477 e. The van der Waals surface area contributed by atoms with E-state index in [-0.39, 0.29) is 34.1 Å². The Kier molecular flexibility index (Phi) is 4.37. The van der Waals surface area contributed by atoms with Crippen LogP contribution in [-0.4, -0.2) is 48.0 Å². The van der Waals surface area contributed by atoms with Gasteiger partial charge in [-0.25, -0.2) is 9.18 Å². The Labute approximate surface area is 159 Å². The van der Waals surface area contributed by atoms with Gasteiger partial charge in [0.15, 0.2) is 0 Å². The highest BCUT2D eigenvalue weighted by Gasteiger charge is 2.33. The SMILES string of the molecule is C[C@@H]1CN(c2c(F)cc3c(=O)c(C(=O)O)cn(C4COC4)c3c2Cl)C[C@H]1N. The third-order valence-electron chi connectivity index (χ3n) is 5.41. The zero-order valence-corrected chi connectivity index (χ0v) is 15.4. The van der Waals surface area contributed by atoms with E-state index in [1.165, 1.54) is 6.20 Å². The lowest BCUT2D eigenvalue weighted by molar-refractivity contribution is -0.0217. The van der Waals surface area contributed by atoms with Gasteiger partial charge >= 0.3 is 5.97 Å². The van der Waals surface area contributed by atoms with E-state index in [1.807, 2.05) is 6.92 Å². The van der Waals surface area contributed by atoms with Crippen molar-refractivity contribution < 1.29 is 19.0 Å². The lowest BCUT2D eigenvalue weighted by atomic mass is 10.1. The minimum absolute atomic E-state index is 0.0513. The number of aromatic carboxylic acids is 1. The summed E-state index contributed by atoms with van der Waals surface area (Å²) in [5.74, 6) is -1.85. The number of pyridine rings is 1. The van der Waals surface area contributed by atoms with Gasteiger partial charge in [0.1, 0.15) is 11.4 Å². The number of carboxylic acid groups (broad SMARTS) is 1. The van der Waals surface area contributed by atoms with Crippen LogP contribution in [-0.2, 0) is 4.74 Å². The molecule has 144 valence electrons. The van der Waals surface area contributed by atoms with E-state index in [0.29, 0.717) is 31.8 Å². The van der Waals surface area contributed by atoms with Crippen LogP contribution in [0.4, 0.5) is 10.1 Å². The van der Waals surface area contributed by atoms with Crippen molar-refractivity contribution in [3.05, 3.63) is 38.9 Å². The zero-order valence-electron chi connectivity index (χ0n) is 14.6. The maximum atomic E-state index is 14.9. The third-order valence-corrected chi connectivity index (χ3v) is 5.77. The molecule has 0 unspecified atom stereocenters. The van der Waals surface area contributed by atoms with Crippen LogP contribution in [0.2, 0.25) is 5.02 Å². The van der Waals surface area contributed by atoms with Crippen molar-refractivity contribution in [2.24, 2.45) is 11.7 Å². The molecule has 7 nitrogen and oxygen atoms in total. The van der Waals surface area contributed by atoms with Crippen LogP contribution in [0.15, 0.2) is 17.1 Å². The van der Waals surface area contributed by atoms with Gasteiger partial charge < -0.3 is 25.0 Å². The van der Waals surface area contributed by atoms with Gasteiger partial charge in [-0.1, -0.05) is 18.5 Å². The number of nitrogens with zero attached hydrogens (tertiary/aromatic N) is 2. The quantitative estimate of drug-likeness (QED) is 0.823. The average molecular weight is 396 g/mol. The highest BCUT2D eigenvalue weighted by molar-refractivity contribution is 6.38. The Morgan fingerprint density at radius 3 is 2.63 bits per heavy atom. The standard InChI is InChI=1S/C18H19ClFN3O4/c1-8-3-22(5-13(8)21)16-12(20)2-10-15(14(16)19)23(9-6-27-7-9)4-11(17(10)24)18(25)26/h2,4,8-9,13H,3,5-7,21H2,1H3,(H,25,26)/t8-,13-/m1/s1. The number of rotatable bonds is 3. The van der Waals surface area contributed by atoms with Crippen molar-refractivity contribution in [2.45, 2.75) is 19.0 Å². The van der Waals surface area contributed by atoms with E-state index in [2.05, 4.69) is 0 Å². The highest BCUT2D eigenvalue weighted by atomic mass is 35.5. The van der Waals surface area contributed by atoms with Crippen LogP contribution in [0, 0.1) is 11.7 Å². The molecule has 0 bridgehead atoms. The number of hydrogen-bond acceptors (Lipinski definition) is 5. The zero-order chi connectivity index (χ0) is 19.5. The Hall–Kier alpha value is -2.16. The first kappa shape index (κ1) is 18.2. The monoisotopic (exact) mass is 395 g/mol. The molecule has 4 rings (SSSR count). The summed E-state index contributed by atoms with van der Waals surface area (Å²) in [7, 11) is 0. The molecule has 27 heavy (non-hydrogen) atoms. The summed E-state index contributed by atoms with van der Waals surface area (Å²) in [6.45, 7) is 3.72. The topological polar surface area (TPSA) is 97.8 Å². The van der Waals surface area contributed by atoms with Gasteiger partial charge in [0.25, 0.3) is 0 Å². The van der Waals surface area contributed by atoms with E-state index < -0.39 is 22.8 Å². The smallest absolute Gasteiger partial charge is 0.341 e. The molecule has 1 aromatic carbocycles. The van der Waals surface area contributed by atoms with Gasteiger partial charge in [-0.3, -0.25) is 4.79 Å². The molecule has 2 fully saturated rings. The number of fused-ring (bicyclic) bond motifs is 1. The van der Waals surface area contributed by atoms with Crippen LogP contribution < -0.4 is 16.1 Å². The lowest BCUT2D eigenvalue weighted by Gasteiger charge is -2.31. The van der Waals surface area contributed by atoms with Crippen LogP contribution >= 0.6 is 11.6 Å². The summed E-state index contributed by atoms with van der Waals surface area (Å²) in [4.78, 5) is 25.9. The minimum atomic E-state index is -1.36. The van der Waals surface area contributed by atoms with Crippen LogP contribution in [0.25, 0.3) is 10.9 Å². The number of ether oxygens (including phenoxy) is 1. The lowest BCUT2D eigenvalue weighted by Crippen LogP contribution is -2.33. The maximum absolute atomic E-state index is 14.9. The normalized spacial score (nSPS) is 23.0. The molecule has 9 heteroatoms. The Balaban J connectivity index is 2.00. The number of nitrogens with two attached hydrogens (primary N) is 1. The fraction of sp³-hybridized carbons (Fsp3) is 0.444. The summed E-state index contributed by atoms with van der Waals surface area (Å²) >= 11 is 6.59. The molecule has 3 N–H and O–H groups in total. The molecule has 2 aliphatic heterocycles. The van der Waals surface area contributed by atoms with Gasteiger partial charge in [0.2, 0.25) is 5.43 Å². The number of benzene rings is 1. The van der Waals surface area contributed by atoms with Crippen molar-refractivity contribution >= 4 is 34.2 Å². The molecule has 2 aliphatic rings. The molecular formula is C18H19ClFN3O4. The first-order valence-electron chi connectivity index (χ1n) is 8.68. The summed E-state index contributed by atoms with van der Waals surface area (Å²) in [6.07, 6.45) is 1.27. The Morgan fingerprint density at radius 1 is 1.41 bits per heavy atom. The second kappa shape index (κ2) is 6.47. The number of anilines is 1. The van der Waals surface area contributed by atoms with Crippen molar-refractivity contribution in [3.8, 4) is 0 Å². The van der Waals surface area contributed by atoms with E-state index in [1.54, 1.807) is 9.47 Å². The first-order valence-corrected chi connectivity index (χ1v) is 9.05. The highest BCUT2D eigenvalue weighted by Crippen LogP contribution is 2.39. The Morgan fingerprint density at radius 2 is 2.11 bits per heavy atom. The van der Waals surface area contributed by atoms with Crippen LogP contribution in [0.3, 0.4) is 0 Å². The summed E-state index contributed by atoms with van der Waals surface area (Å²) in [5, 5.41) is 9.39. The number of hydrogen-bond donors (Lipinski definition) is 2. The van der Waals surface area contributed by atoms with Crippen LogP contribution in [0.5, 0.6) is 0 Å². The molecule has 0 radical (unpaired) electrons. The van der Waals surface area contributed by atoms with E-state index in [9.17, 15) is 19.1 Å². The number of halogens is 2. The van der Waals surface area contributed by atoms with Crippen molar-refractivity contribution in [3.63, 3.8) is 0 Å². The minimum Gasteiger partial charge on any atom is -0.477 e. The van der Waals surface area contributed by atoms with Gasteiger partial charge in [-0.15, -0.1) is 0 Å². The summed E-state index contributed by atoms with van der Waals surface area (Å²) in [6, 6.07) is 0.810. The first-order chi connectivity index (χ1) is 12.8. The van der Waals surface area contributed by atoms with E-state index >= 15 is 0 Å². The van der Waals surface area contributed by atoms with E-state index in [4.69, 9.17) is 22.1 Å². The molecule has 0 aliphatic carbocycles. The molecule has 0 saturated carbocycles. The molecule has 0 amide bonds. The predicted octanol–water partition coefficient (Wildman–Crippen LogP) is 1.85. The fourth-order valence-electron chi connectivity index (χ4n) is 3.72. The Bertz CT molecular complexity index is 994.